The number of aromatic nitrogens is 1. The van der Waals surface area contributed by atoms with E-state index in [0.717, 1.165) is 11.3 Å². The molecule has 0 aliphatic carbocycles. The molecule has 2 aromatic rings. The molecule has 0 aliphatic rings. The Labute approximate surface area is 160 Å². The first-order valence-electron chi connectivity index (χ1n) is 7.31. The SMILES string of the molecule is COc1cccc(C(CNC(=O)c2cnccc2N)N(C)C)c1.Cl.Cl. The highest BCUT2D eigenvalue weighted by molar-refractivity contribution is 5.98. The molecule has 6 nitrogen and oxygen atoms in total. The first-order chi connectivity index (χ1) is 11.0. The van der Waals surface area contributed by atoms with E-state index in [4.69, 9.17) is 10.5 Å². The van der Waals surface area contributed by atoms with Crippen LogP contribution in [-0.4, -0.2) is 43.5 Å². The zero-order valence-electron chi connectivity index (χ0n) is 14.4. The summed E-state index contributed by atoms with van der Waals surface area (Å²) in [6.45, 7) is 0.452. The molecule has 0 bridgehead atoms. The zero-order chi connectivity index (χ0) is 16.8. The number of nitrogens with zero attached hydrogens (tertiary/aromatic N) is 2. The van der Waals surface area contributed by atoms with Crippen molar-refractivity contribution in [2.75, 3.05) is 33.5 Å². The molecule has 138 valence electrons. The molecule has 2 rings (SSSR count). The second-order valence-electron chi connectivity index (χ2n) is 5.43. The van der Waals surface area contributed by atoms with Gasteiger partial charge in [0.15, 0.2) is 0 Å². The van der Waals surface area contributed by atoms with Gasteiger partial charge in [-0.25, -0.2) is 0 Å². The molecule has 25 heavy (non-hydrogen) atoms. The Kier molecular flexibility index (Phi) is 9.89. The number of hydrogen-bond acceptors (Lipinski definition) is 5. The van der Waals surface area contributed by atoms with Gasteiger partial charge in [-0.15, -0.1) is 24.8 Å². The molecule has 8 heteroatoms. The van der Waals surface area contributed by atoms with Gasteiger partial charge in [-0.2, -0.15) is 0 Å². The van der Waals surface area contributed by atoms with Crippen molar-refractivity contribution in [3.63, 3.8) is 0 Å². The lowest BCUT2D eigenvalue weighted by Crippen LogP contribution is -2.34. The number of hydrogen-bond donors (Lipinski definition) is 2. The fourth-order valence-electron chi connectivity index (χ4n) is 2.33. The minimum absolute atomic E-state index is 0. The smallest absolute Gasteiger partial charge is 0.255 e. The van der Waals surface area contributed by atoms with E-state index in [9.17, 15) is 4.79 Å². The quantitative estimate of drug-likeness (QED) is 0.796. The van der Waals surface area contributed by atoms with Gasteiger partial charge in [0.2, 0.25) is 0 Å². The summed E-state index contributed by atoms with van der Waals surface area (Å²) in [5.74, 6) is 0.558. The number of nitrogen functional groups attached to an aromatic ring is 1. The molecule has 0 fully saturated rings. The summed E-state index contributed by atoms with van der Waals surface area (Å²) in [5.41, 5.74) is 7.67. The number of halogens is 2. The number of benzene rings is 1. The highest BCUT2D eigenvalue weighted by atomic mass is 35.5. The van der Waals surface area contributed by atoms with E-state index in [1.165, 1.54) is 6.20 Å². The Morgan fingerprint density at radius 1 is 1.32 bits per heavy atom. The standard InChI is InChI=1S/C17H22N4O2.2ClH/c1-21(2)16(12-5-4-6-13(9-12)23-3)11-20-17(22)14-10-19-8-7-15(14)18;;/h4-10,16H,11H2,1-3H3,(H2,18,19)(H,20,22);2*1H. The van der Waals surface area contributed by atoms with Crippen molar-refractivity contribution in [1.82, 2.24) is 15.2 Å². The topological polar surface area (TPSA) is 80.5 Å². The van der Waals surface area contributed by atoms with E-state index in [1.807, 2.05) is 43.3 Å². The van der Waals surface area contributed by atoms with Gasteiger partial charge in [0.1, 0.15) is 5.75 Å². The fraction of sp³-hybridized carbons (Fsp3) is 0.294. The summed E-state index contributed by atoms with van der Waals surface area (Å²) >= 11 is 0. The Bertz CT molecular complexity index is 683. The van der Waals surface area contributed by atoms with Crippen molar-refractivity contribution in [3.05, 3.63) is 53.9 Å². The first-order valence-corrected chi connectivity index (χ1v) is 7.31. The third-order valence-electron chi connectivity index (χ3n) is 3.66. The van der Waals surface area contributed by atoms with E-state index in [-0.39, 0.29) is 36.8 Å². The molecule has 1 unspecified atom stereocenters. The van der Waals surface area contributed by atoms with Crippen LogP contribution in [0.3, 0.4) is 0 Å². The molecule has 0 saturated carbocycles. The molecule has 0 radical (unpaired) electrons. The van der Waals surface area contributed by atoms with Gasteiger partial charge >= 0.3 is 0 Å². The van der Waals surface area contributed by atoms with Crippen molar-refractivity contribution >= 4 is 36.4 Å². The largest absolute Gasteiger partial charge is 0.497 e. The first kappa shape index (κ1) is 23.0. The van der Waals surface area contributed by atoms with Crippen LogP contribution in [0.4, 0.5) is 5.69 Å². The van der Waals surface area contributed by atoms with E-state index >= 15 is 0 Å². The average Bonchev–Trinajstić information content (AvgIpc) is 2.55. The molecule has 1 atom stereocenters. The highest BCUT2D eigenvalue weighted by Crippen LogP contribution is 2.22. The normalized spacial score (nSPS) is 11.0. The molecule has 0 spiro atoms. The zero-order valence-corrected chi connectivity index (χ0v) is 16.1. The number of ether oxygens (including phenoxy) is 1. The third kappa shape index (κ3) is 6.08. The van der Waals surface area contributed by atoms with Gasteiger partial charge in [-0.3, -0.25) is 9.78 Å². The number of nitrogens with two attached hydrogens (primary N) is 1. The number of pyridine rings is 1. The van der Waals surface area contributed by atoms with Crippen LogP contribution < -0.4 is 15.8 Å². The summed E-state index contributed by atoms with van der Waals surface area (Å²) in [7, 11) is 5.57. The van der Waals surface area contributed by atoms with Gasteiger partial charge in [0.05, 0.1) is 18.7 Å². The van der Waals surface area contributed by atoms with Crippen LogP contribution in [0.1, 0.15) is 22.0 Å². The van der Waals surface area contributed by atoms with Crippen molar-refractivity contribution in [2.24, 2.45) is 0 Å². The van der Waals surface area contributed by atoms with Crippen molar-refractivity contribution in [3.8, 4) is 5.75 Å². The highest BCUT2D eigenvalue weighted by Gasteiger charge is 2.17. The van der Waals surface area contributed by atoms with E-state index in [0.29, 0.717) is 17.8 Å². The molecular weight excluding hydrogens is 363 g/mol. The molecule has 1 heterocycles. The number of amides is 1. The monoisotopic (exact) mass is 386 g/mol. The molecule has 0 aliphatic heterocycles. The number of carbonyl (C=O) groups excluding carboxylic acids is 1. The van der Waals surface area contributed by atoms with Crippen LogP contribution >= 0.6 is 24.8 Å². The number of rotatable bonds is 6. The average molecular weight is 387 g/mol. The van der Waals surface area contributed by atoms with Gasteiger partial charge < -0.3 is 20.7 Å². The van der Waals surface area contributed by atoms with Gasteiger partial charge in [0, 0.05) is 24.6 Å². The Morgan fingerprint density at radius 3 is 2.64 bits per heavy atom. The Balaban J connectivity index is 0.00000288. The molecule has 0 saturated heterocycles. The number of carbonyl (C=O) groups is 1. The number of methoxy groups -OCH3 is 1. The lowest BCUT2D eigenvalue weighted by Gasteiger charge is -2.25. The van der Waals surface area contributed by atoms with Crippen molar-refractivity contribution in [1.29, 1.82) is 0 Å². The van der Waals surface area contributed by atoms with Gasteiger partial charge in [-0.1, -0.05) is 12.1 Å². The second kappa shape index (κ2) is 10.8. The van der Waals surface area contributed by atoms with Crippen LogP contribution in [0.25, 0.3) is 0 Å². The van der Waals surface area contributed by atoms with E-state index in [2.05, 4.69) is 10.3 Å². The maximum absolute atomic E-state index is 12.3. The minimum Gasteiger partial charge on any atom is -0.497 e. The van der Waals surface area contributed by atoms with Crippen LogP contribution in [0.5, 0.6) is 5.75 Å². The summed E-state index contributed by atoms with van der Waals surface area (Å²) < 4.78 is 5.26. The van der Waals surface area contributed by atoms with Crippen LogP contribution in [0, 0.1) is 0 Å². The molecule has 3 N–H and O–H groups in total. The van der Waals surface area contributed by atoms with Crippen LogP contribution in [-0.2, 0) is 0 Å². The molecule has 1 amide bonds. The van der Waals surface area contributed by atoms with Gasteiger partial charge in [-0.05, 0) is 37.9 Å². The molecule has 1 aromatic heterocycles. The predicted octanol–water partition coefficient (Wildman–Crippen LogP) is 2.55. The molecule has 1 aromatic carbocycles. The lowest BCUT2D eigenvalue weighted by atomic mass is 10.1. The van der Waals surface area contributed by atoms with E-state index < -0.39 is 0 Å². The number of anilines is 1. The summed E-state index contributed by atoms with van der Waals surface area (Å²) in [4.78, 5) is 18.3. The minimum atomic E-state index is -0.231. The number of likely N-dealkylation sites (N-methyl/N-ethyl adjacent to an activating group) is 1. The Morgan fingerprint density at radius 2 is 2.04 bits per heavy atom. The van der Waals surface area contributed by atoms with Crippen LogP contribution in [0.15, 0.2) is 42.7 Å². The van der Waals surface area contributed by atoms with Crippen molar-refractivity contribution in [2.45, 2.75) is 6.04 Å². The maximum Gasteiger partial charge on any atom is 0.255 e. The third-order valence-corrected chi connectivity index (χ3v) is 3.66. The van der Waals surface area contributed by atoms with E-state index in [1.54, 1.807) is 19.4 Å². The summed E-state index contributed by atoms with van der Waals surface area (Å²) in [6.07, 6.45) is 3.03. The Hall–Kier alpha value is -2.02. The van der Waals surface area contributed by atoms with Crippen molar-refractivity contribution < 1.29 is 9.53 Å². The lowest BCUT2D eigenvalue weighted by molar-refractivity contribution is 0.0942. The fourth-order valence-corrected chi connectivity index (χ4v) is 2.33. The van der Waals surface area contributed by atoms with Gasteiger partial charge in [0.25, 0.3) is 5.91 Å². The number of nitrogens with one attached hydrogen (secondary N) is 1. The molecular formula is C17H24Cl2N4O2. The van der Waals surface area contributed by atoms with Crippen LogP contribution in [0.2, 0.25) is 0 Å². The predicted molar refractivity (Wildman–Crippen MR) is 105 cm³/mol. The summed E-state index contributed by atoms with van der Waals surface area (Å²) in [5, 5.41) is 2.92. The second-order valence-corrected chi connectivity index (χ2v) is 5.43. The summed E-state index contributed by atoms with van der Waals surface area (Å²) in [6, 6.07) is 9.44. The maximum atomic E-state index is 12.3.